The molecule has 0 aliphatic heterocycles. The minimum absolute atomic E-state index is 0.0926. The molecule has 0 heterocycles. The molecule has 0 amide bonds. The van der Waals surface area contributed by atoms with Gasteiger partial charge in [0.2, 0.25) is 0 Å². The van der Waals surface area contributed by atoms with Gasteiger partial charge < -0.3 is 10.1 Å². The molecule has 0 saturated heterocycles. The van der Waals surface area contributed by atoms with E-state index in [1.807, 2.05) is 19.9 Å². The number of benzene rings is 1. The Hall–Kier alpha value is -1.75. The highest BCUT2D eigenvalue weighted by molar-refractivity contribution is 5.70. The van der Waals surface area contributed by atoms with Crippen LogP contribution in [0.5, 0.6) is 5.75 Å². The molecule has 5 heteroatoms. The predicted octanol–water partition coefficient (Wildman–Crippen LogP) is 3.56. The molecule has 0 saturated carbocycles. The van der Waals surface area contributed by atoms with E-state index in [0.717, 1.165) is 0 Å². The lowest BCUT2D eigenvalue weighted by Crippen LogP contribution is -2.22. The Balaban J connectivity index is 2.84. The molecule has 0 spiro atoms. The van der Waals surface area contributed by atoms with Gasteiger partial charge in [0, 0.05) is 19.5 Å². The summed E-state index contributed by atoms with van der Waals surface area (Å²) in [6.07, 6.45) is 0.918. The molecule has 0 aliphatic carbocycles. The lowest BCUT2D eigenvalue weighted by Gasteiger charge is -2.09. The summed E-state index contributed by atoms with van der Waals surface area (Å²) >= 11 is 0. The second kappa shape index (κ2) is 7.75. The second-order valence-corrected chi connectivity index (χ2v) is 4.66. The van der Waals surface area contributed by atoms with Gasteiger partial charge in [-0.1, -0.05) is 32.1 Å². The number of esters is 1. The van der Waals surface area contributed by atoms with Crippen molar-refractivity contribution in [2.45, 2.75) is 33.2 Å². The SMILES string of the molecule is CC(=O)Oc1ccc(C=CCNC(C)C)cc1C(F)F. The zero-order chi connectivity index (χ0) is 15.1. The third kappa shape index (κ3) is 5.48. The Morgan fingerprint density at radius 3 is 2.65 bits per heavy atom. The highest BCUT2D eigenvalue weighted by Crippen LogP contribution is 2.30. The van der Waals surface area contributed by atoms with E-state index in [4.69, 9.17) is 4.74 Å². The van der Waals surface area contributed by atoms with Gasteiger partial charge in [-0.05, 0) is 17.7 Å². The highest BCUT2D eigenvalue weighted by atomic mass is 19.3. The Bertz CT molecular complexity index is 485. The zero-order valence-corrected chi connectivity index (χ0v) is 11.8. The van der Waals surface area contributed by atoms with Gasteiger partial charge in [-0.15, -0.1) is 0 Å². The van der Waals surface area contributed by atoms with Crippen LogP contribution in [0.1, 0.15) is 38.3 Å². The molecule has 0 bridgehead atoms. The molecule has 1 aromatic carbocycles. The summed E-state index contributed by atoms with van der Waals surface area (Å²) in [4.78, 5) is 10.9. The fourth-order valence-electron chi connectivity index (χ4n) is 1.59. The van der Waals surface area contributed by atoms with Gasteiger partial charge in [0.25, 0.3) is 6.43 Å². The molecule has 0 radical (unpaired) electrons. The summed E-state index contributed by atoms with van der Waals surface area (Å²) in [6, 6.07) is 4.71. The van der Waals surface area contributed by atoms with Crippen molar-refractivity contribution in [1.82, 2.24) is 5.32 Å². The van der Waals surface area contributed by atoms with E-state index < -0.39 is 12.4 Å². The summed E-state index contributed by atoms with van der Waals surface area (Å²) in [5, 5.41) is 3.19. The van der Waals surface area contributed by atoms with E-state index in [0.29, 0.717) is 18.2 Å². The molecule has 1 rings (SSSR count). The predicted molar refractivity (Wildman–Crippen MR) is 74.9 cm³/mol. The van der Waals surface area contributed by atoms with Crippen LogP contribution >= 0.6 is 0 Å². The molecular formula is C15H19F2NO2. The van der Waals surface area contributed by atoms with Gasteiger partial charge >= 0.3 is 5.97 Å². The molecule has 20 heavy (non-hydrogen) atoms. The standard InChI is InChI=1S/C15H19F2NO2/c1-10(2)18-8-4-5-12-6-7-14(20-11(3)19)13(9-12)15(16)17/h4-7,9-10,15,18H,8H2,1-3H3. The molecule has 3 nitrogen and oxygen atoms in total. The van der Waals surface area contributed by atoms with Gasteiger partial charge in [-0.3, -0.25) is 4.79 Å². The van der Waals surface area contributed by atoms with E-state index in [-0.39, 0.29) is 11.3 Å². The lowest BCUT2D eigenvalue weighted by atomic mass is 10.1. The van der Waals surface area contributed by atoms with Crippen molar-refractivity contribution >= 4 is 12.0 Å². The number of nitrogens with one attached hydrogen (secondary N) is 1. The first-order chi connectivity index (χ1) is 9.40. The molecule has 1 N–H and O–H groups in total. The summed E-state index contributed by atoms with van der Waals surface area (Å²) in [5.74, 6) is -0.707. The van der Waals surface area contributed by atoms with Crippen LogP contribution in [0.4, 0.5) is 8.78 Å². The Morgan fingerprint density at radius 1 is 1.40 bits per heavy atom. The first-order valence-corrected chi connectivity index (χ1v) is 6.40. The highest BCUT2D eigenvalue weighted by Gasteiger charge is 2.15. The number of halogens is 2. The Morgan fingerprint density at radius 2 is 2.10 bits per heavy atom. The molecular weight excluding hydrogens is 264 g/mol. The average Bonchev–Trinajstić information content (AvgIpc) is 2.35. The van der Waals surface area contributed by atoms with Crippen LogP contribution in [0.25, 0.3) is 6.08 Å². The van der Waals surface area contributed by atoms with Crippen LogP contribution in [-0.4, -0.2) is 18.6 Å². The average molecular weight is 283 g/mol. The topological polar surface area (TPSA) is 38.3 Å². The maximum Gasteiger partial charge on any atom is 0.308 e. The monoisotopic (exact) mass is 283 g/mol. The van der Waals surface area contributed by atoms with Crippen LogP contribution in [0.2, 0.25) is 0 Å². The number of ether oxygens (including phenoxy) is 1. The first kappa shape index (κ1) is 16.3. The van der Waals surface area contributed by atoms with Crippen molar-refractivity contribution in [1.29, 1.82) is 0 Å². The normalized spacial score (nSPS) is 11.6. The minimum Gasteiger partial charge on any atom is -0.426 e. The molecule has 0 aromatic heterocycles. The van der Waals surface area contributed by atoms with Crippen LogP contribution in [0, 0.1) is 0 Å². The van der Waals surface area contributed by atoms with Crippen molar-refractivity contribution in [3.8, 4) is 5.75 Å². The summed E-state index contributed by atoms with van der Waals surface area (Å²) < 4.78 is 30.6. The van der Waals surface area contributed by atoms with Crippen molar-refractivity contribution < 1.29 is 18.3 Å². The fourth-order valence-corrected chi connectivity index (χ4v) is 1.59. The van der Waals surface area contributed by atoms with Crippen LogP contribution in [-0.2, 0) is 4.79 Å². The molecule has 1 aromatic rings. The lowest BCUT2D eigenvalue weighted by molar-refractivity contribution is -0.132. The van der Waals surface area contributed by atoms with E-state index in [2.05, 4.69) is 5.32 Å². The maximum atomic E-state index is 12.9. The number of rotatable bonds is 6. The second-order valence-electron chi connectivity index (χ2n) is 4.66. The molecule has 0 fully saturated rings. The third-order valence-corrected chi connectivity index (χ3v) is 2.48. The minimum atomic E-state index is -2.69. The van der Waals surface area contributed by atoms with Crippen molar-refractivity contribution in [3.05, 3.63) is 35.4 Å². The van der Waals surface area contributed by atoms with Crippen LogP contribution < -0.4 is 10.1 Å². The van der Waals surface area contributed by atoms with Gasteiger partial charge in [0.15, 0.2) is 0 Å². The summed E-state index contributed by atoms with van der Waals surface area (Å²) in [7, 11) is 0. The maximum absolute atomic E-state index is 12.9. The van der Waals surface area contributed by atoms with Crippen molar-refractivity contribution in [2.24, 2.45) is 0 Å². The van der Waals surface area contributed by atoms with Crippen molar-refractivity contribution in [3.63, 3.8) is 0 Å². The zero-order valence-electron chi connectivity index (χ0n) is 11.8. The van der Waals surface area contributed by atoms with E-state index in [1.54, 1.807) is 12.1 Å². The van der Waals surface area contributed by atoms with Gasteiger partial charge in [-0.2, -0.15) is 0 Å². The number of alkyl halides is 2. The number of carbonyl (C=O) groups is 1. The Kier molecular flexibility index (Phi) is 6.31. The van der Waals surface area contributed by atoms with Gasteiger partial charge in [-0.25, -0.2) is 8.78 Å². The fraction of sp³-hybridized carbons (Fsp3) is 0.400. The molecule has 0 aliphatic rings. The number of hydrogen-bond donors (Lipinski definition) is 1. The summed E-state index contributed by atoms with van der Waals surface area (Å²) in [5.41, 5.74) is 0.362. The quantitative estimate of drug-likeness (QED) is 0.641. The van der Waals surface area contributed by atoms with Crippen molar-refractivity contribution in [2.75, 3.05) is 6.54 Å². The third-order valence-electron chi connectivity index (χ3n) is 2.48. The number of carbonyl (C=O) groups excluding carboxylic acids is 1. The van der Waals surface area contributed by atoms with E-state index in [1.165, 1.54) is 19.1 Å². The Labute approximate surface area is 117 Å². The van der Waals surface area contributed by atoms with Gasteiger partial charge in [0.05, 0.1) is 5.56 Å². The van der Waals surface area contributed by atoms with Crippen LogP contribution in [0.3, 0.4) is 0 Å². The largest absolute Gasteiger partial charge is 0.426 e. The molecule has 110 valence electrons. The van der Waals surface area contributed by atoms with Gasteiger partial charge in [0.1, 0.15) is 5.75 Å². The summed E-state index contributed by atoms with van der Waals surface area (Å²) in [6.45, 7) is 5.89. The molecule has 0 atom stereocenters. The van der Waals surface area contributed by atoms with E-state index >= 15 is 0 Å². The first-order valence-electron chi connectivity index (χ1n) is 6.40. The van der Waals surface area contributed by atoms with E-state index in [9.17, 15) is 13.6 Å². The number of hydrogen-bond acceptors (Lipinski definition) is 3. The smallest absolute Gasteiger partial charge is 0.308 e. The van der Waals surface area contributed by atoms with Crippen LogP contribution in [0.15, 0.2) is 24.3 Å². The molecule has 0 unspecified atom stereocenters.